The molecule has 0 saturated carbocycles. The van der Waals surface area contributed by atoms with Gasteiger partial charge < -0.3 is 4.98 Å². The SMILES string of the molecule is Cc1ccc2[nH]c(=O)c(CN(CCc3ccccc3)[C@H](c3nnnn3C(C)(C)C)C(C)C)cc2c1. The minimum absolute atomic E-state index is 0.0519. The van der Waals surface area contributed by atoms with Crippen LogP contribution in [0.3, 0.4) is 0 Å². The van der Waals surface area contributed by atoms with Gasteiger partial charge in [-0.05, 0) is 79.6 Å². The van der Waals surface area contributed by atoms with Gasteiger partial charge in [0.25, 0.3) is 5.56 Å². The molecule has 0 spiro atoms. The molecule has 2 aromatic heterocycles. The van der Waals surface area contributed by atoms with Crippen molar-refractivity contribution in [3.05, 3.63) is 87.5 Å². The fraction of sp³-hybridized carbons (Fsp3) is 0.429. The molecule has 0 aliphatic rings. The Hall–Kier alpha value is -3.32. The molecule has 4 aromatic rings. The highest BCUT2D eigenvalue weighted by Crippen LogP contribution is 2.31. The normalized spacial score (nSPS) is 13.1. The highest BCUT2D eigenvalue weighted by Gasteiger charge is 2.32. The van der Waals surface area contributed by atoms with E-state index < -0.39 is 0 Å². The Morgan fingerprint density at radius 1 is 1.06 bits per heavy atom. The molecule has 0 bridgehead atoms. The van der Waals surface area contributed by atoms with Crippen molar-refractivity contribution in [2.75, 3.05) is 6.54 Å². The van der Waals surface area contributed by atoms with Crippen molar-refractivity contribution >= 4 is 10.9 Å². The quantitative estimate of drug-likeness (QED) is 0.389. The molecule has 1 atom stereocenters. The number of fused-ring (bicyclic) bond motifs is 1. The summed E-state index contributed by atoms with van der Waals surface area (Å²) in [5.74, 6) is 1.06. The van der Waals surface area contributed by atoms with E-state index >= 15 is 0 Å². The van der Waals surface area contributed by atoms with Crippen molar-refractivity contribution < 1.29 is 0 Å². The first-order chi connectivity index (χ1) is 16.6. The Labute approximate surface area is 207 Å². The second-order valence-corrected chi connectivity index (χ2v) is 10.7. The lowest BCUT2D eigenvalue weighted by molar-refractivity contribution is 0.129. The smallest absolute Gasteiger partial charge is 0.252 e. The first-order valence-electron chi connectivity index (χ1n) is 12.3. The molecule has 0 unspecified atom stereocenters. The molecule has 4 rings (SSSR count). The maximum atomic E-state index is 13.1. The Bertz CT molecular complexity index is 1330. The Kier molecular flexibility index (Phi) is 7.17. The number of aromatic amines is 1. The van der Waals surface area contributed by atoms with E-state index in [4.69, 9.17) is 0 Å². The van der Waals surface area contributed by atoms with Crippen LogP contribution in [0.1, 0.15) is 63.2 Å². The fourth-order valence-electron chi connectivity index (χ4n) is 4.68. The number of nitrogens with one attached hydrogen (secondary N) is 1. The molecule has 0 aliphatic heterocycles. The number of aryl methyl sites for hydroxylation is 1. The van der Waals surface area contributed by atoms with Crippen molar-refractivity contribution in [3.63, 3.8) is 0 Å². The minimum Gasteiger partial charge on any atom is -0.322 e. The third-order valence-corrected chi connectivity index (χ3v) is 6.40. The molecule has 1 N–H and O–H groups in total. The van der Waals surface area contributed by atoms with Crippen LogP contribution in [0.25, 0.3) is 10.9 Å². The van der Waals surface area contributed by atoms with E-state index in [9.17, 15) is 4.79 Å². The predicted molar refractivity (Wildman–Crippen MR) is 140 cm³/mol. The van der Waals surface area contributed by atoms with Crippen LogP contribution in [-0.2, 0) is 18.5 Å². The Balaban J connectivity index is 1.76. The highest BCUT2D eigenvalue weighted by atomic mass is 16.1. The molecular formula is C28H36N6O. The topological polar surface area (TPSA) is 79.7 Å². The number of H-pyrrole nitrogens is 1. The third kappa shape index (κ3) is 5.68. The van der Waals surface area contributed by atoms with Crippen molar-refractivity contribution in [2.45, 2.75) is 66.1 Å². The van der Waals surface area contributed by atoms with Gasteiger partial charge in [0.2, 0.25) is 0 Å². The van der Waals surface area contributed by atoms with Gasteiger partial charge in [0.05, 0.1) is 11.6 Å². The summed E-state index contributed by atoms with van der Waals surface area (Å²) < 4.78 is 1.92. The van der Waals surface area contributed by atoms with Crippen molar-refractivity contribution in [1.29, 1.82) is 0 Å². The Morgan fingerprint density at radius 2 is 1.80 bits per heavy atom. The predicted octanol–water partition coefficient (Wildman–Crippen LogP) is 5.02. The zero-order valence-corrected chi connectivity index (χ0v) is 21.6. The van der Waals surface area contributed by atoms with Gasteiger partial charge >= 0.3 is 0 Å². The number of nitrogens with zero attached hydrogens (tertiary/aromatic N) is 5. The molecule has 0 aliphatic carbocycles. The summed E-state index contributed by atoms with van der Waals surface area (Å²) in [6, 6.07) is 18.5. The molecule has 0 amide bonds. The number of benzene rings is 2. The van der Waals surface area contributed by atoms with Crippen LogP contribution in [0.5, 0.6) is 0 Å². The second-order valence-electron chi connectivity index (χ2n) is 10.7. The average molecular weight is 473 g/mol. The van der Waals surface area contributed by atoms with Gasteiger partial charge in [0, 0.05) is 24.2 Å². The summed E-state index contributed by atoms with van der Waals surface area (Å²) in [4.78, 5) is 18.5. The number of tetrazole rings is 1. The maximum Gasteiger partial charge on any atom is 0.252 e. The summed E-state index contributed by atoms with van der Waals surface area (Å²) >= 11 is 0. The van der Waals surface area contributed by atoms with Gasteiger partial charge in [-0.2, -0.15) is 0 Å². The van der Waals surface area contributed by atoms with E-state index in [1.165, 1.54) is 11.1 Å². The van der Waals surface area contributed by atoms with Crippen LogP contribution in [0.15, 0.2) is 59.4 Å². The zero-order valence-electron chi connectivity index (χ0n) is 21.6. The minimum atomic E-state index is -0.255. The molecule has 184 valence electrons. The number of aromatic nitrogens is 5. The van der Waals surface area contributed by atoms with E-state index in [1.54, 1.807) is 0 Å². The first-order valence-corrected chi connectivity index (χ1v) is 12.3. The average Bonchev–Trinajstić information content (AvgIpc) is 3.28. The number of rotatable bonds is 8. The number of hydrogen-bond donors (Lipinski definition) is 1. The van der Waals surface area contributed by atoms with Gasteiger partial charge in [0.1, 0.15) is 0 Å². The molecule has 0 fully saturated rings. The molecule has 0 saturated heterocycles. The summed E-state index contributed by atoms with van der Waals surface area (Å²) in [7, 11) is 0. The van der Waals surface area contributed by atoms with Gasteiger partial charge in [-0.3, -0.25) is 9.69 Å². The fourth-order valence-corrected chi connectivity index (χ4v) is 4.68. The molecule has 2 aromatic carbocycles. The monoisotopic (exact) mass is 472 g/mol. The van der Waals surface area contributed by atoms with Crippen LogP contribution in [0, 0.1) is 12.8 Å². The molecular weight excluding hydrogens is 436 g/mol. The molecule has 35 heavy (non-hydrogen) atoms. The number of pyridine rings is 1. The third-order valence-electron chi connectivity index (χ3n) is 6.40. The lowest BCUT2D eigenvalue weighted by Crippen LogP contribution is -2.39. The summed E-state index contributed by atoms with van der Waals surface area (Å²) in [6.45, 7) is 14.0. The van der Waals surface area contributed by atoms with E-state index in [1.807, 2.05) is 28.9 Å². The lowest BCUT2D eigenvalue weighted by Gasteiger charge is -2.35. The molecule has 0 radical (unpaired) electrons. The van der Waals surface area contributed by atoms with Gasteiger partial charge in [-0.25, -0.2) is 4.68 Å². The van der Waals surface area contributed by atoms with Crippen LogP contribution in [-0.4, -0.2) is 36.6 Å². The van der Waals surface area contributed by atoms with E-state index in [0.717, 1.165) is 35.3 Å². The largest absolute Gasteiger partial charge is 0.322 e. The van der Waals surface area contributed by atoms with E-state index in [0.29, 0.717) is 6.54 Å². The second kappa shape index (κ2) is 10.1. The lowest BCUT2D eigenvalue weighted by atomic mass is 9.98. The first kappa shape index (κ1) is 24.8. The summed E-state index contributed by atoms with van der Waals surface area (Å²) in [6.07, 6.45) is 0.867. The Morgan fingerprint density at radius 3 is 2.49 bits per heavy atom. The molecule has 7 nitrogen and oxygen atoms in total. The van der Waals surface area contributed by atoms with Gasteiger partial charge in [-0.1, -0.05) is 55.8 Å². The summed E-state index contributed by atoms with van der Waals surface area (Å²) in [5, 5.41) is 13.9. The zero-order chi connectivity index (χ0) is 25.2. The van der Waals surface area contributed by atoms with Crippen molar-refractivity contribution in [3.8, 4) is 0 Å². The summed E-state index contributed by atoms with van der Waals surface area (Å²) in [5.41, 5.74) is 3.73. The van der Waals surface area contributed by atoms with E-state index in [2.05, 4.69) is 97.3 Å². The van der Waals surface area contributed by atoms with Gasteiger partial charge in [-0.15, -0.1) is 5.10 Å². The van der Waals surface area contributed by atoms with Crippen LogP contribution in [0.2, 0.25) is 0 Å². The van der Waals surface area contributed by atoms with Crippen molar-refractivity contribution in [1.82, 2.24) is 30.1 Å². The van der Waals surface area contributed by atoms with Crippen molar-refractivity contribution in [2.24, 2.45) is 5.92 Å². The molecule has 7 heteroatoms. The van der Waals surface area contributed by atoms with Crippen LogP contribution < -0.4 is 5.56 Å². The maximum absolute atomic E-state index is 13.1. The van der Waals surface area contributed by atoms with E-state index in [-0.39, 0.29) is 23.1 Å². The molecule has 2 heterocycles. The standard InChI is InChI=1S/C28H36N6O/c1-19(2)25(26-30-31-32-34(26)28(4,5)6)33(15-14-21-10-8-7-9-11-21)18-23-17-22-16-20(3)12-13-24(22)29-27(23)35/h7-13,16-17,19,25H,14-15,18H2,1-6H3,(H,29,35)/t25-/m0/s1. The van der Waals surface area contributed by atoms with Crippen LogP contribution in [0.4, 0.5) is 0 Å². The highest BCUT2D eigenvalue weighted by molar-refractivity contribution is 5.79. The van der Waals surface area contributed by atoms with Gasteiger partial charge in [0.15, 0.2) is 5.82 Å². The number of hydrogen-bond acceptors (Lipinski definition) is 5. The van der Waals surface area contributed by atoms with Crippen LogP contribution >= 0.6 is 0 Å².